The van der Waals surface area contributed by atoms with Gasteiger partial charge in [-0.2, -0.15) is 0 Å². The van der Waals surface area contributed by atoms with Gasteiger partial charge in [-0.05, 0) is 46.1 Å². The first-order valence-electron chi connectivity index (χ1n) is 11.0. The molecule has 0 spiro atoms. The molecule has 176 valence electrons. The van der Waals surface area contributed by atoms with Crippen molar-refractivity contribution < 1.29 is 9.47 Å². The fourth-order valence-corrected chi connectivity index (χ4v) is 5.17. The lowest BCUT2D eigenvalue weighted by Crippen LogP contribution is -2.32. The molecule has 7 nitrogen and oxygen atoms in total. The SMILES string of the molecule is COc1cc(OC)c(-c2cn3cc(Br)c(N4CCC(NCc5ccncc5)C4)cc3n2)cc1Cl. The fourth-order valence-electron chi connectivity index (χ4n) is 4.34. The van der Waals surface area contributed by atoms with Crippen LogP contribution in [0.1, 0.15) is 12.0 Å². The molecular formula is C25H25BrClN5O2. The van der Waals surface area contributed by atoms with Gasteiger partial charge < -0.3 is 24.1 Å². The van der Waals surface area contributed by atoms with Crippen molar-refractivity contribution in [1.82, 2.24) is 19.7 Å². The maximum Gasteiger partial charge on any atom is 0.141 e. The molecule has 1 fully saturated rings. The Morgan fingerprint density at radius 3 is 2.68 bits per heavy atom. The number of rotatable bonds is 7. The Balaban J connectivity index is 1.38. The molecule has 1 aliphatic heterocycles. The summed E-state index contributed by atoms with van der Waals surface area (Å²) in [5.74, 6) is 1.23. The second kappa shape index (κ2) is 9.82. The van der Waals surface area contributed by atoms with Crippen molar-refractivity contribution in [3.63, 3.8) is 0 Å². The molecule has 4 heterocycles. The summed E-state index contributed by atoms with van der Waals surface area (Å²) in [6.45, 7) is 2.77. The maximum atomic E-state index is 6.38. The number of halogens is 2. The molecule has 1 saturated heterocycles. The lowest BCUT2D eigenvalue weighted by atomic mass is 10.1. The maximum absolute atomic E-state index is 6.38. The van der Waals surface area contributed by atoms with Crippen LogP contribution in [0.15, 0.2) is 59.6 Å². The van der Waals surface area contributed by atoms with E-state index in [0.29, 0.717) is 22.6 Å². The van der Waals surface area contributed by atoms with Crippen LogP contribution in [-0.4, -0.2) is 47.7 Å². The summed E-state index contributed by atoms with van der Waals surface area (Å²) in [4.78, 5) is 11.4. The number of hydrogen-bond donors (Lipinski definition) is 1. The van der Waals surface area contributed by atoms with Crippen LogP contribution in [0.2, 0.25) is 5.02 Å². The summed E-state index contributed by atoms with van der Waals surface area (Å²) in [5.41, 5.74) is 4.84. The van der Waals surface area contributed by atoms with Gasteiger partial charge in [0.1, 0.15) is 17.1 Å². The second-order valence-electron chi connectivity index (χ2n) is 8.25. The van der Waals surface area contributed by atoms with Crippen LogP contribution >= 0.6 is 27.5 Å². The van der Waals surface area contributed by atoms with Crippen molar-refractivity contribution in [2.45, 2.75) is 19.0 Å². The first kappa shape index (κ1) is 23.0. The molecule has 1 aromatic carbocycles. The number of ether oxygens (including phenoxy) is 2. The van der Waals surface area contributed by atoms with Crippen molar-refractivity contribution in [2.24, 2.45) is 0 Å². The molecule has 1 atom stereocenters. The van der Waals surface area contributed by atoms with Crippen LogP contribution in [0, 0.1) is 0 Å². The van der Waals surface area contributed by atoms with Gasteiger partial charge in [0, 0.05) is 68.2 Å². The molecule has 0 amide bonds. The highest BCUT2D eigenvalue weighted by Gasteiger charge is 2.24. The number of nitrogens with one attached hydrogen (secondary N) is 1. The van der Waals surface area contributed by atoms with Gasteiger partial charge in [0.25, 0.3) is 0 Å². The number of fused-ring (bicyclic) bond motifs is 1. The zero-order chi connectivity index (χ0) is 23.7. The van der Waals surface area contributed by atoms with Crippen LogP contribution < -0.4 is 19.7 Å². The van der Waals surface area contributed by atoms with E-state index in [2.05, 4.69) is 43.4 Å². The lowest BCUT2D eigenvalue weighted by molar-refractivity contribution is 0.395. The highest BCUT2D eigenvalue weighted by atomic mass is 79.9. The minimum Gasteiger partial charge on any atom is -0.496 e. The normalized spacial score (nSPS) is 15.8. The Bertz CT molecular complexity index is 1310. The van der Waals surface area contributed by atoms with Crippen molar-refractivity contribution in [3.05, 3.63) is 70.2 Å². The summed E-state index contributed by atoms with van der Waals surface area (Å²) >= 11 is 10.2. The molecule has 0 aliphatic carbocycles. The van der Waals surface area contributed by atoms with E-state index in [1.165, 1.54) is 5.56 Å². The first-order valence-corrected chi connectivity index (χ1v) is 12.2. The van der Waals surface area contributed by atoms with Crippen LogP contribution in [0.3, 0.4) is 0 Å². The van der Waals surface area contributed by atoms with Crippen molar-refractivity contribution >= 4 is 38.9 Å². The molecule has 0 bridgehead atoms. The van der Waals surface area contributed by atoms with Gasteiger partial charge in [-0.1, -0.05) is 11.6 Å². The summed E-state index contributed by atoms with van der Waals surface area (Å²) in [7, 11) is 3.21. The molecule has 0 saturated carbocycles. The topological polar surface area (TPSA) is 63.9 Å². The minimum absolute atomic E-state index is 0.428. The van der Waals surface area contributed by atoms with Crippen LogP contribution in [-0.2, 0) is 6.54 Å². The Morgan fingerprint density at radius 1 is 1.12 bits per heavy atom. The molecule has 1 aliphatic rings. The first-order chi connectivity index (χ1) is 16.6. The number of aromatic nitrogens is 3. The Hall–Kier alpha value is -2.81. The smallest absolute Gasteiger partial charge is 0.141 e. The van der Waals surface area contributed by atoms with Crippen LogP contribution in [0.4, 0.5) is 5.69 Å². The highest BCUT2D eigenvalue weighted by molar-refractivity contribution is 9.10. The summed E-state index contributed by atoms with van der Waals surface area (Å²) in [6.07, 6.45) is 8.78. The quantitative estimate of drug-likeness (QED) is 0.346. The predicted molar refractivity (Wildman–Crippen MR) is 138 cm³/mol. The predicted octanol–water partition coefficient (Wildman–Crippen LogP) is 5.20. The monoisotopic (exact) mass is 541 g/mol. The van der Waals surface area contributed by atoms with Crippen molar-refractivity contribution in [3.8, 4) is 22.8 Å². The Kier molecular flexibility index (Phi) is 6.63. The van der Waals surface area contributed by atoms with Crippen LogP contribution in [0.25, 0.3) is 16.9 Å². The third-order valence-corrected chi connectivity index (χ3v) is 7.05. The Labute approximate surface area is 211 Å². The van der Waals surface area contributed by atoms with E-state index in [1.807, 2.05) is 41.2 Å². The van der Waals surface area contributed by atoms with Gasteiger partial charge in [-0.25, -0.2) is 4.98 Å². The molecule has 4 aromatic rings. The van der Waals surface area contributed by atoms with E-state index < -0.39 is 0 Å². The lowest BCUT2D eigenvalue weighted by Gasteiger charge is -2.21. The third-order valence-electron chi connectivity index (χ3n) is 6.15. The van der Waals surface area contributed by atoms with E-state index in [1.54, 1.807) is 20.3 Å². The van der Waals surface area contributed by atoms with Gasteiger partial charge in [-0.15, -0.1) is 0 Å². The minimum atomic E-state index is 0.428. The molecule has 34 heavy (non-hydrogen) atoms. The van der Waals surface area contributed by atoms with E-state index in [0.717, 1.165) is 53.1 Å². The van der Waals surface area contributed by atoms with E-state index in [4.69, 9.17) is 26.1 Å². The van der Waals surface area contributed by atoms with Gasteiger partial charge in [-0.3, -0.25) is 4.98 Å². The molecular weight excluding hydrogens is 518 g/mol. The van der Waals surface area contributed by atoms with Gasteiger partial charge in [0.15, 0.2) is 0 Å². The number of benzene rings is 1. The zero-order valence-electron chi connectivity index (χ0n) is 19.0. The zero-order valence-corrected chi connectivity index (χ0v) is 21.3. The largest absolute Gasteiger partial charge is 0.496 e. The van der Waals surface area contributed by atoms with Crippen LogP contribution in [0.5, 0.6) is 11.5 Å². The van der Waals surface area contributed by atoms with E-state index in [-0.39, 0.29) is 0 Å². The average Bonchev–Trinajstić information content (AvgIpc) is 3.49. The van der Waals surface area contributed by atoms with Gasteiger partial charge >= 0.3 is 0 Å². The molecule has 0 radical (unpaired) electrons. The summed E-state index contributed by atoms with van der Waals surface area (Å²) in [6, 6.07) is 10.3. The third kappa shape index (κ3) is 4.58. The molecule has 1 unspecified atom stereocenters. The van der Waals surface area contributed by atoms with Gasteiger partial charge in [0.05, 0.1) is 35.1 Å². The van der Waals surface area contributed by atoms with Crippen molar-refractivity contribution in [1.29, 1.82) is 0 Å². The number of hydrogen-bond acceptors (Lipinski definition) is 6. The summed E-state index contributed by atoms with van der Waals surface area (Å²) < 4.78 is 13.9. The fraction of sp³-hybridized carbons (Fsp3) is 0.280. The molecule has 5 rings (SSSR count). The average molecular weight is 543 g/mol. The number of anilines is 1. The second-order valence-corrected chi connectivity index (χ2v) is 9.51. The van der Waals surface area contributed by atoms with E-state index >= 15 is 0 Å². The van der Waals surface area contributed by atoms with E-state index in [9.17, 15) is 0 Å². The number of pyridine rings is 2. The number of nitrogens with zero attached hydrogens (tertiary/aromatic N) is 4. The Morgan fingerprint density at radius 2 is 1.91 bits per heavy atom. The summed E-state index contributed by atoms with van der Waals surface area (Å²) in [5, 5.41) is 4.18. The molecule has 1 N–H and O–H groups in total. The number of imidazole rings is 1. The number of methoxy groups -OCH3 is 2. The van der Waals surface area contributed by atoms with Gasteiger partial charge in [0.2, 0.25) is 0 Å². The molecule has 3 aromatic heterocycles. The highest BCUT2D eigenvalue weighted by Crippen LogP contribution is 2.39. The standard InChI is InChI=1S/C25H25BrClN5O2/c1-33-23-11-24(34-2)20(27)9-18(23)21-15-32-14-19(26)22(10-25(32)30-21)31-8-5-17(13-31)29-12-16-3-6-28-7-4-16/h3-4,6-7,9-11,14-15,17,29H,5,8,12-13H2,1-2H3. The van der Waals surface area contributed by atoms with Crippen molar-refractivity contribution in [2.75, 3.05) is 32.2 Å². The molecule has 9 heteroatoms.